The Morgan fingerprint density at radius 2 is 1.70 bits per heavy atom. The molecule has 0 amide bonds. The molecule has 0 unspecified atom stereocenters. The number of rotatable bonds is 6. The Morgan fingerprint density at radius 1 is 1.15 bits per heavy atom. The van der Waals surface area contributed by atoms with Crippen LogP contribution in [0.4, 0.5) is 0 Å². The fourth-order valence-electron chi connectivity index (χ4n) is 1.52. The maximum absolute atomic E-state index is 11.9. The van der Waals surface area contributed by atoms with Gasteiger partial charge >= 0.3 is 0 Å². The summed E-state index contributed by atoms with van der Waals surface area (Å²) in [5.41, 5.74) is 0.641. The van der Waals surface area contributed by atoms with Gasteiger partial charge in [-0.2, -0.15) is 0 Å². The van der Waals surface area contributed by atoms with Gasteiger partial charge in [0.1, 0.15) is 12.4 Å². The second kappa shape index (κ2) is 6.39. The third-order valence-corrected chi connectivity index (χ3v) is 5.62. The molecule has 5 heteroatoms. The van der Waals surface area contributed by atoms with Gasteiger partial charge in [0.15, 0.2) is 15.6 Å². The molecule has 0 atom stereocenters. The number of hydrogen-bond donors (Lipinski definition) is 0. The Bertz CT molecular complexity index is 551. The zero-order chi connectivity index (χ0) is 15.4. The monoisotopic (exact) mass is 298 g/mol. The van der Waals surface area contributed by atoms with Crippen molar-refractivity contribution in [3.8, 4) is 5.75 Å². The van der Waals surface area contributed by atoms with E-state index in [-0.39, 0.29) is 18.1 Å². The number of Topliss-reactive ketones (excluding diaryl/α,β-unsaturated/α-hetero) is 1. The average Bonchev–Trinajstić information content (AvgIpc) is 2.37. The Hall–Kier alpha value is -1.36. The van der Waals surface area contributed by atoms with Crippen LogP contribution in [-0.2, 0) is 9.84 Å². The Morgan fingerprint density at radius 3 is 2.15 bits per heavy atom. The molecule has 0 saturated carbocycles. The van der Waals surface area contributed by atoms with Gasteiger partial charge < -0.3 is 4.74 Å². The third kappa shape index (κ3) is 4.34. The minimum absolute atomic E-state index is 0.0217. The van der Waals surface area contributed by atoms with Crippen LogP contribution in [0.5, 0.6) is 5.75 Å². The summed E-state index contributed by atoms with van der Waals surface area (Å²) in [6, 6.07) is 6.76. The quantitative estimate of drug-likeness (QED) is 0.758. The lowest BCUT2D eigenvalue weighted by Crippen LogP contribution is -2.32. The molecular weight excluding hydrogens is 276 g/mol. The standard InChI is InChI=1S/C15H22O4S/c1-5-14(16)12-6-8-13(9-7-12)19-10-11-20(17,18)15(2,3)4/h6-9H,5,10-11H2,1-4H3. The molecule has 20 heavy (non-hydrogen) atoms. The van der Waals surface area contributed by atoms with Gasteiger partial charge in [0, 0.05) is 12.0 Å². The van der Waals surface area contributed by atoms with Gasteiger partial charge in [-0.15, -0.1) is 0 Å². The van der Waals surface area contributed by atoms with Crippen molar-refractivity contribution in [2.45, 2.75) is 38.9 Å². The van der Waals surface area contributed by atoms with E-state index in [0.29, 0.717) is 17.7 Å². The molecule has 0 fully saturated rings. The minimum atomic E-state index is -3.17. The first-order valence-corrected chi connectivity index (χ1v) is 8.31. The van der Waals surface area contributed by atoms with E-state index in [1.807, 2.05) is 6.92 Å². The maximum atomic E-state index is 11.9. The van der Waals surface area contributed by atoms with Crippen molar-refractivity contribution in [1.29, 1.82) is 0 Å². The second-order valence-electron chi connectivity index (χ2n) is 5.58. The molecule has 1 rings (SSSR count). The van der Waals surface area contributed by atoms with Gasteiger partial charge in [-0.1, -0.05) is 6.92 Å². The highest BCUT2D eigenvalue weighted by Gasteiger charge is 2.28. The largest absolute Gasteiger partial charge is 0.493 e. The summed E-state index contributed by atoms with van der Waals surface area (Å²) in [6.45, 7) is 6.94. The minimum Gasteiger partial charge on any atom is -0.493 e. The summed E-state index contributed by atoms with van der Waals surface area (Å²) in [6.07, 6.45) is 0.462. The lowest BCUT2D eigenvalue weighted by Gasteiger charge is -2.19. The first-order valence-electron chi connectivity index (χ1n) is 6.66. The van der Waals surface area contributed by atoms with E-state index in [9.17, 15) is 13.2 Å². The summed E-state index contributed by atoms with van der Waals surface area (Å²) >= 11 is 0. The SMILES string of the molecule is CCC(=O)c1ccc(OCCS(=O)(=O)C(C)(C)C)cc1. The molecule has 112 valence electrons. The van der Waals surface area contributed by atoms with Crippen LogP contribution in [0.25, 0.3) is 0 Å². The van der Waals surface area contributed by atoms with Crippen LogP contribution in [0.1, 0.15) is 44.5 Å². The fraction of sp³-hybridized carbons (Fsp3) is 0.533. The molecule has 0 radical (unpaired) electrons. The molecule has 1 aromatic carbocycles. The van der Waals surface area contributed by atoms with Crippen LogP contribution in [0.15, 0.2) is 24.3 Å². The number of hydrogen-bond acceptors (Lipinski definition) is 4. The average molecular weight is 298 g/mol. The molecule has 0 bridgehead atoms. The van der Waals surface area contributed by atoms with E-state index in [1.165, 1.54) is 0 Å². The van der Waals surface area contributed by atoms with E-state index < -0.39 is 14.6 Å². The van der Waals surface area contributed by atoms with Crippen molar-refractivity contribution in [3.05, 3.63) is 29.8 Å². The van der Waals surface area contributed by atoms with Gasteiger partial charge in [0.25, 0.3) is 0 Å². The fourth-order valence-corrected chi connectivity index (χ4v) is 2.43. The molecule has 0 saturated heterocycles. The predicted octanol–water partition coefficient (Wildman–Crippen LogP) is 2.87. The lowest BCUT2D eigenvalue weighted by molar-refractivity contribution is 0.0988. The Labute approximate surface area is 121 Å². The molecule has 0 heterocycles. The van der Waals surface area contributed by atoms with Crippen molar-refractivity contribution in [2.75, 3.05) is 12.4 Å². The number of carbonyl (C=O) groups is 1. The zero-order valence-corrected chi connectivity index (χ0v) is 13.3. The normalized spacial score (nSPS) is 12.2. The topological polar surface area (TPSA) is 60.4 Å². The first-order chi connectivity index (χ1) is 9.17. The third-order valence-electron chi connectivity index (χ3n) is 3.05. The van der Waals surface area contributed by atoms with E-state index in [2.05, 4.69) is 0 Å². The summed E-state index contributed by atoms with van der Waals surface area (Å²) in [5, 5.41) is 0. The van der Waals surface area contributed by atoms with Gasteiger partial charge in [0.2, 0.25) is 0 Å². The van der Waals surface area contributed by atoms with Gasteiger partial charge in [-0.3, -0.25) is 4.79 Å². The van der Waals surface area contributed by atoms with Crippen molar-refractivity contribution in [2.24, 2.45) is 0 Å². The molecule has 0 spiro atoms. The van der Waals surface area contributed by atoms with Crippen LogP contribution in [-0.4, -0.2) is 31.3 Å². The molecule has 0 aromatic heterocycles. The highest BCUT2D eigenvalue weighted by atomic mass is 32.2. The number of carbonyl (C=O) groups excluding carboxylic acids is 1. The molecular formula is C15H22O4S. The van der Waals surface area contributed by atoms with E-state index in [0.717, 1.165) is 0 Å². The van der Waals surface area contributed by atoms with Gasteiger partial charge in [-0.25, -0.2) is 8.42 Å². The van der Waals surface area contributed by atoms with E-state index in [4.69, 9.17) is 4.74 Å². The van der Waals surface area contributed by atoms with Crippen molar-refractivity contribution in [3.63, 3.8) is 0 Å². The van der Waals surface area contributed by atoms with Crippen LogP contribution >= 0.6 is 0 Å². The van der Waals surface area contributed by atoms with Gasteiger partial charge in [-0.05, 0) is 45.0 Å². The number of ether oxygens (including phenoxy) is 1. The lowest BCUT2D eigenvalue weighted by atomic mass is 10.1. The van der Waals surface area contributed by atoms with E-state index >= 15 is 0 Å². The second-order valence-corrected chi connectivity index (χ2v) is 8.44. The maximum Gasteiger partial charge on any atom is 0.162 e. The summed E-state index contributed by atoms with van der Waals surface area (Å²) < 4.78 is 28.4. The molecule has 1 aromatic rings. The highest BCUT2D eigenvalue weighted by molar-refractivity contribution is 7.92. The number of benzene rings is 1. The highest BCUT2D eigenvalue weighted by Crippen LogP contribution is 2.17. The summed E-state index contributed by atoms with van der Waals surface area (Å²) in [4.78, 5) is 11.5. The molecule has 0 N–H and O–H groups in total. The number of sulfone groups is 1. The molecule has 0 aliphatic heterocycles. The number of ketones is 1. The van der Waals surface area contributed by atoms with Crippen molar-refractivity contribution >= 4 is 15.6 Å². The summed E-state index contributed by atoms with van der Waals surface area (Å²) in [5.74, 6) is 0.625. The predicted molar refractivity (Wildman–Crippen MR) is 80.1 cm³/mol. The van der Waals surface area contributed by atoms with E-state index in [1.54, 1.807) is 45.0 Å². The molecule has 4 nitrogen and oxygen atoms in total. The molecule has 0 aliphatic carbocycles. The van der Waals surface area contributed by atoms with Crippen LogP contribution in [0, 0.1) is 0 Å². The van der Waals surface area contributed by atoms with Crippen molar-refractivity contribution in [1.82, 2.24) is 0 Å². The Kier molecular flexibility index (Phi) is 5.34. The van der Waals surface area contributed by atoms with Crippen LogP contribution in [0.2, 0.25) is 0 Å². The summed E-state index contributed by atoms with van der Waals surface area (Å²) in [7, 11) is -3.17. The smallest absolute Gasteiger partial charge is 0.162 e. The van der Waals surface area contributed by atoms with Crippen LogP contribution < -0.4 is 4.74 Å². The molecule has 0 aliphatic rings. The first kappa shape index (κ1) is 16.7. The van der Waals surface area contributed by atoms with Crippen molar-refractivity contribution < 1.29 is 17.9 Å². The zero-order valence-electron chi connectivity index (χ0n) is 12.5. The Balaban J connectivity index is 2.58. The van der Waals surface area contributed by atoms with Gasteiger partial charge in [0.05, 0.1) is 10.5 Å². The van der Waals surface area contributed by atoms with Crippen LogP contribution in [0.3, 0.4) is 0 Å².